The lowest BCUT2D eigenvalue weighted by atomic mass is 10.00. The van der Waals surface area contributed by atoms with Crippen LogP contribution in [0.3, 0.4) is 0 Å². The zero-order chi connectivity index (χ0) is 11.0. The molecule has 0 spiro atoms. The molecule has 0 fully saturated rings. The molecule has 3 heteroatoms. The normalized spacial score (nSPS) is 12.9. The summed E-state index contributed by atoms with van der Waals surface area (Å²) in [4.78, 5) is 21.0. The Morgan fingerprint density at radius 1 is 1.29 bits per heavy atom. The zero-order valence-corrected chi connectivity index (χ0v) is 9.71. The number of carbonyl (C=O) groups excluding carboxylic acids is 1. The van der Waals surface area contributed by atoms with Crippen LogP contribution in [0.15, 0.2) is 0 Å². The van der Waals surface area contributed by atoms with E-state index >= 15 is 0 Å². The molecule has 0 bridgehead atoms. The molecular weight excluding hydrogens is 180 g/mol. The van der Waals surface area contributed by atoms with E-state index in [4.69, 9.17) is 9.78 Å². The van der Waals surface area contributed by atoms with Gasteiger partial charge in [0.25, 0.3) is 0 Å². The maximum absolute atomic E-state index is 11.4. The second-order valence-electron chi connectivity index (χ2n) is 3.79. The number of carbonyl (C=O) groups is 1. The van der Waals surface area contributed by atoms with Crippen molar-refractivity contribution in [1.29, 1.82) is 0 Å². The summed E-state index contributed by atoms with van der Waals surface area (Å²) in [7, 11) is 0. The van der Waals surface area contributed by atoms with Crippen molar-refractivity contribution in [1.82, 2.24) is 0 Å². The highest BCUT2D eigenvalue weighted by Crippen LogP contribution is 2.14. The van der Waals surface area contributed by atoms with Crippen LogP contribution >= 0.6 is 0 Å². The molecule has 0 amide bonds. The third-order valence-corrected chi connectivity index (χ3v) is 2.05. The molecule has 3 nitrogen and oxygen atoms in total. The van der Waals surface area contributed by atoms with Crippen LogP contribution in [0.25, 0.3) is 0 Å². The molecular formula is C11H22O3. The van der Waals surface area contributed by atoms with Gasteiger partial charge in [0.15, 0.2) is 0 Å². The minimum absolute atomic E-state index is 0.00583. The van der Waals surface area contributed by atoms with Crippen molar-refractivity contribution in [3.63, 3.8) is 0 Å². The van der Waals surface area contributed by atoms with E-state index in [-0.39, 0.29) is 18.0 Å². The van der Waals surface area contributed by atoms with Gasteiger partial charge in [0, 0.05) is 0 Å². The summed E-state index contributed by atoms with van der Waals surface area (Å²) >= 11 is 0. The number of hydrogen-bond donors (Lipinski definition) is 0. The molecule has 84 valence electrons. The molecule has 1 unspecified atom stereocenters. The average Bonchev–Trinajstić information content (AvgIpc) is 2.16. The fraction of sp³-hybridized carbons (Fsp3) is 0.909. The fourth-order valence-corrected chi connectivity index (χ4v) is 1.15. The van der Waals surface area contributed by atoms with Crippen LogP contribution in [0.2, 0.25) is 0 Å². The Labute approximate surface area is 86.7 Å². The fourth-order valence-electron chi connectivity index (χ4n) is 1.15. The van der Waals surface area contributed by atoms with Crippen LogP contribution in [0.4, 0.5) is 0 Å². The predicted molar refractivity (Wildman–Crippen MR) is 55.6 cm³/mol. The van der Waals surface area contributed by atoms with E-state index in [0.29, 0.717) is 0 Å². The van der Waals surface area contributed by atoms with Gasteiger partial charge >= 0.3 is 5.97 Å². The Bertz CT molecular complexity index is 155. The Morgan fingerprint density at radius 3 is 2.36 bits per heavy atom. The van der Waals surface area contributed by atoms with Crippen molar-refractivity contribution in [3.8, 4) is 0 Å². The standard InChI is InChI=1S/C11H22O3/c1-5-7-8-10(6-2)11(12)14-13-9(3)4/h9-10H,5-8H2,1-4H3. The van der Waals surface area contributed by atoms with Gasteiger partial charge in [-0.15, -0.1) is 0 Å². The van der Waals surface area contributed by atoms with Crippen molar-refractivity contribution < 1.29 is 14.6 Å². The van der Waals surface area contributed by atoms with Crippen molar-refractivity contribution in [2.75, 3.05) is 0 Å². The van der Waals surface area contributed by atoms with E-state index in [9.17, 15) is 4.79 Å². The summed E-state index contributed by atoms with van der Waals surface area (Å²) in [6, 6.07) is 0. The molecule has 0 radical (unpaired) electrons. The van der Waals surface area contributed by atoms with Gasteiger partial charge in [0.05, 0.1) is 12.0 Å². The van der Waals surface area contributed by atoms with E-state index in [1.165, 1.54) is 0 Å². The molecule has 0 N–H and O–H groups in total. The molecule has 0 heterocycles. The van der Waals surface area contributed by atoms with Gasteiger partial charge in [-0.1, -0.05) is 26.7 Å². The lowest BCUT2D eigenvalue weighted by Crippen LogP contribution is -2.19. The molecule has 0 aliphatic carbocycles. The van der Waals surface area contributed by atoms with E-state index < -0.39 is 0 Å². The third-order valence-electron chi connectivity index (χ3n) is 2.05. The summed E-state index contributed by atoms with van der Waals surface area (Å²) < 4.78 is 0. The second kappa shape index (κ2) is 7.80. The summed E-state index contributed by atoms with van der Waals surface area (Å²) in [5.41, 5.74) is 0. The minimum atomic E-state index is -0.227. The van der Waals surface area contributed by atoms with Crippen LogP contribution < -0.4 is 0 Å². The molecule has 14 heavy (non-hydrogen) atoms. The van der Waals surface area contributed by atoms with E-state index in [1.807, 2.05) is 20.8 Å². The molecule has 0 aliphatic rings. The summed E-state index contributed by atoms with van der Waals surface area (Å²) in [5, 5.41) is 0. The number of rotatable bonds is 7. The summed E-state index contributed by atoms with van der Waals surface area (Å²) in [6.07, 6.45) is 3.82. The van der Waals surface area contributed by atoms with Crippen molar-refractivity contribution in [3.05, 3.63) is 0 Å². The van der Waals surface area contributed by atoms with Gasteiger partial charge in [-0.3, -0.25) is 4.89 Å². The first kappa shape index (κ1) is 13.4. The van der Waals surface area contributed by atoms with Crippen LogP contribution in [0.1, 0.15) is 53.4 Å². The highest BCUT2D eigenvalue weighted by Gasteiger charge is 2.18. The monoisotopic (exact) mass is 202 g/mol. The molecule has 0 aromatic heterocycles. The first-order chi connectivity index (χ1) is 6.61. The van der Waals surface area contributed by atoms with Gasteiger partial charge in [-0.2, -0.15) is 4.89 Å². The lowest BCUT2D eigenvalue weighted by Gasteiger charge is -2.13. The van der Waals surface area contributed by atoms with Gasteiger partial charge in [0.2, 0.25) is 0 Å². The Hall–Kier alpha value is -0.570. The largest absolute Gasteiger partial charge is 0.345 e. The van der Waals surface area contributed by atoms with Crippen molar-refractivity contribution in [2.45, 2.75) is 59.5 Å². The smallest absolute Gasteiger partial charge is 0.298 e. The van der Waals surface area contributed by atoms with Crippen LogP contribution in [0.5, 0.6) is 0 Å². The lowest BCUT2D eigenvalue weighted by molar-refractivity contribution is -0.294. The van der Waals surface area contributed by atoms with Crippen LogP contribution in [-0.2, 0) is 14.6 Å². The molecule has 0 saturated carbocycles. The van der Waals surface area contributed by atoms with Crippen molar-refractivity contribution >= 4 is 5.97 Å². The first-order valence-electron chi connectivity index (χ1n) is 5.48. The third kappa shape index (κ3) is 5.97. The van der Waals surface area contributed by atoms with Gasteiger partial charge in [-0.05, 0) is 26.7 Å². The van der Waals surface area contributed by atoms with Gasteiger partial charge < -0.3 is 0 Å². The SMILES string of the molecule is CCCCC(CC)C(=O)OOC(C)C. The van der Waals surface area contributed by atoms with Gasteiger partial charge in [-0.25, -0.2) is 4.79 Å². The minimum Gasteiger partial charge on any atom is -0.298 e. The van der Waals surface area contributed by atoms with E-state index in [1.54, 1.807) is 0 Å². The van der Waals surface area contributed by atoms with Gasteiger partial charge in [0.1, 0.15) is 0 Å². The molecule has 0 saturated heterocycles. The quantitative estimate of drug-likeness (QED) is 0.470. The van der Waals surface area contributed by atoms with E-state index in [2.05, 4.69) is 6.92 Å². The Morgan fingerprint density at radius 2 is 1.93 bits per heavy atom. The second-order valence-corrected chi connectivity index (χ2v) is 3.79. The maximum Gasteiger partial charge on any atom is 0.345 e. The van der Waals surface area contributed by atoms with E-state index in [0.717, 1.165) is 25.7 Å². The average molecular weight is 202 g/mol. The topological polar surface area (TPSA) is 35.5 Å². The number of hydrogen-bond acceptors (Lipinski definition) is 3. The van der Waals surface area contributed by atoms with Crippen molar-refractivity contribution in [2.24, 2.45) is 5.92 Å². The Kier molecular flexibility index (Phi) is 7.48. The molecule has 0 rings (SSSR count). The molecule has 0 aromatic rings. The zero-order valence-electron chi connectivity index (χ0n) is 9.71. The highest BCUT2D eigenvalue weighted by molar-refractivity contribution is 5.71. The summed E-state index contributed by atoms with van der Waals surface area (Å²) in [5.74, 6) is -0.233. The summed E-state index contributed by atoms with van der Waals surface area (Å²) in [6.45, 7) is 7.78. The maximum atomic E-state index is 11.4. The first-order valence-corrected chi connectivity index (χ1v) is 5.48. The molecule has 0 aliphatic heterocycles. The Balaban J connectivity index is 3.79. The molecule has 0 aromatic carbocycles. The van der Waals surface area contributed by atoms with Crippen LogP contribution in [0, 0.1) is 5.92 Å². The molecule has 1 atom stereocenters. The van der Waals surface area contributed by atoms with Crippen LogP contribution in [-0.4, -0.2) is 12.1 Å². The number of unbranched alkanes of at least 4 members (excludes halogenated alkanes) is 1. The predicted octanol–water partition coefficient (Wildman–Crippen LogP) is 3.09. The highest BCUT2D eigenvalue weighted by atomic mass is 17.2.